The molecule has 0 spiro atoms. The Kier molecular flexibility index (Phi) is 7.04. The Morgan fingerprint density at radius 3 is 2.07 bits per heavy atom. The lowest BCUT2D eigenvalue weighted by Crippen LogP contribution is -2.34. The first kappa shape index (κ1) is 20.2. The fourth-order valence-corrected chi connectivity index (χ4v) is 3.67. The van der Waals surface area contributed by atoms with E-state index in [0.29, 0.717) is 29.8 Å². The van der Waals surface area contributed by atoms with Crippen molar-refractivity contribution in [2.24, 2.45) is 0 Å². The largest absolute Gasteiger partial charge is 0.350 e. The van der Waals surface area contributed by atoms with Gasteiger partial charge in [-0.2, -0.15) is 5.26 Å². The van der Waals surface area contributed by atoms with Crippen LogP contribution in [0.4, 0.5) is 0 Å². The van der Waals surface area contributed by atoms with Crippen LogP contribution in [0, 0.1) is 11.3 Å². The van der Waals surface area contributed by atoms with Crippen LogP contribution >= 0.6 is 11.8 Å². The third kappa shape index (κ3) is 5.47. The van der Waals surface area contributed by atoms with Gasteiger partial charge in [0.05, 0.1) is 11.1 Å². The third-order valence-electron chi connectivity index (χ3n) is 4.09. The maximum absolute atomic E-state index is 12.6. The first-order chi connectivity index (χ1) is 14.2. The summed E-state index contributed by atoms with van der Waals surface area (Å²) >= 11 is 1.38. The molecule has 0 bridgehead atoms. The molecule has 0 unspecified atom stereocenters. The molecular weight excluding hydrogens is 382 g/mol. The summed E-state index contributed by atoms with van der Waals surface area (Å²) in [6, 6.07) is 25.6. The standard InChI is InChI=1S/C23H19N3O2S/c24-16-18-10-4-6-12-20(18)29-21-13-7-5-11-19(21)23(28)26-15-14-25-22(27)17-8-2-1-3-9-17/h1-13H,14-15H2,(H,25,27)(H,26,28). The molecule has 0 saturated carbocycles. The van der Waals surface area contributed by atoms with E-state index in [4.69, 9.17) is 0 Å². The lowest BCUT2D eigenvalue weighted by atomic mass is 10.2. The van der Waals surface area contributed by atoms with Crippen LogP contribution in [0.1, 0.15) is 26.3 Å². The fourth-order valence-electron chi connectivity index (χ4n) is 2.65. The van der Waals surface area contributed by atoms with Crippen LogP contribution in [0.25, 0.3) is 0 Å². The van der Waals surface area contributed by atoms with Crippen molar-refractivity contribution in [2.45, 2.75) is 9.79 Å². The van der Waals surface area contributed by atoms with Gasteiger partial charge in [0.25, 0.3) is 11.8 Å². The molecule has 3 aromatic rings. The number of hydrogen-bond donors (Lipinski definition) is 2. The SMILES string of the molecule is N#Cc1ccccc1Sc1ccccc1C(=O)NCCNC(=O)c1ccccc1. The molecule has 3 rings (SSSR count). The number of hydrogen-bond acceptors (Lipinski definition) is 4. The van der Waals surface area contributed by atoms with Crippen molar-refractivity contribution in [3.8, 4) is 6.07 Å². The van der Waals surface area contributed by atoms with Gasteiger partial charge in [0.15, 0.2) is 0 Å². The van der Waals surface area contributed by atoms with Crippen LogP contribution in [0.2, 0.25) is 0 Å². The van der Waals surface area contributed by atoms with Crippen LogP contribution in [-0.2, 0) is 0 Å². The molecule has 0 saturated heterocycles. The zero-order chi connectivity index (χ0) is 20.5. The zero-order valence-corrected chi connectivity index (χ0v) is 16.4. The van der Waals surface area contributed by atoms with E-state index in [9.17, 15) is 14.9 Å². The van der Waals surface area contributed by atoms with E-state index in [0.717, 1.165) is 9.79 Å². The molecule has 0 radical (unpaired) electrons. The van der Waals surface area contributed by atoms with E-state index in [-0.39, 0.29) is 11.8 Å². The minimum absolute atomic E-state index is 0.177. The maximum atomic E-state index is 12.6. The molecule has 6 heteroatoms. The summed E-state index contributed by atoms with van der Waals surface area (Å²) in [6.07, 6.45) is 0. The lowest BCUT2D eigenvalue weighted by molar-refractivity contribution is 0.0926. The second-order valence-corrected chi connectivity index (χ2v) is 7.17. The second kappa shape index (κ2) is 10.1. The average Bonchev–Trinajstić information content (AvgIpc) is 2.77. The van der Waals surface area contributed by atoms with E-state index >= 15 is 0 Å². The Hall–Kier alpha value is -3.56. The van der Waals surface area contributed by atoms with Gasteiger partial charge in [0.1, 0.15) is 6.07 Å². The predicted molar refractivity (Wildman–Crippen MR) is 113 cm³/mol. The van der Waals surface area contributed by atoms with Gasteiger partial charge in [-0.1, -0.05) is 54.2 Å². The van der Waals surface area contributed by atoms with Crippen LogP contribution in [0.15, 0.2) is 88.7 Å². The Morgan fingerprint density at radius 1 is 0.759 bits per heavy atom. The van der Waals surface area contributed by atoms with E-state index in [1.54, 1.807) is 42.5 Å². The van der Waals surface area contributed by atoms with Crippen molar-refractivity contribution < 1.29 is 9.59 Å². The van der Waals surface area contributed by atoms with Crippen LogP contribution in [-0.4, -0.2) is 24.9 Å². The molecule has 0 aliphatic heterocycles. The molecule has 0 heterocycles. The third-order valence-corrected chi connectivity index (χ3v) is 5.24. The summed E-state index contributed by atoms with van der Waals surface area (Å²) in [7, 11) is 0. The Balaban J connectivity index is 1.59. The molecule has 0 aliphatic rings. The van der Waals surface area contributed by atoms with Crippen molar-refractivity contribution in [1.29, 1.82) is 5.26 Å². The molecule has 3 aromatic carbocycles. The smallest absolute Gasteiger partial charge is 0.252 e. The van der Waals surface area contributed by atoms with E-state index < -0.39 is 0 Å². The summed E-state index contributed by atoms with van der Waals surface area (Å²) in [5.41, 5.74) is 1.67. The molecule has 2 amide bonds. The quantitative estimate of drug-likeness (QED) is 0.589. The van der Waals surface area contributed by atoms with Crippen molar-refractivity contribution in [3.05, 3.63) is 95.6 Å². The summed E-state index contributed by atoms with van der Waals surface area (Å²) in [6.45, 7) is 0.636. The molecule has 2 N–H and O–H groups in total. The van der Waals surface area contributed by atoms with Gasteiger partial charge in [0, 0.05) is 28.4 Å². The monoisotopic (exact) mass is 401 g/mol. The summed E-state index contributed by atoms with van der Waals surface area (Å²) in [5, 5.41) is 14.9. The number of nitrogens with zero attached hydrogens (tertiary/aromatic N) is 1. The molecule has 29 heavy (non-hydrogen) atoms. The van der Waals surface area contributed by atoms with Crippen molar-refractivity contribution in [1.82, 2.24) is 10.6 Å². The summed E-state index contributed by atoms with van der Waals surface area (Å²) in [5.74, 6) is -0.402. The first-order valence-corrected chi connectivity index (χ1v) is 9.88. The van der Waals surface area contributed by atoms with Crippen molar-refractivity contribution in [2.75, 3.05) is 13.1 Å². The number of rotatable bonds is 7. The van der Waals surface area contributed by atoms with E-state index in [1.807, 2.05) is 36.4 Å². The van der Waals surface area contributed by atoms with Gasteiger partial charge in [-0.05, 0) is 36.4 Å². The van der Waals surface area contributed by atoms with Gasteiger partial charge in [0.2, 0.25) is 0 Å². The molecule has 0 atom stereocenters. The van der Waals surface area contributed by atoms with Gasteiger partial charge in [-0.3, -0.25) is 9.59 Å². The Morgan fingerprint density at radius 2 is 1.34 bits per heavy atom. The minimum Gasteiger partial charge on any atom is -0.350 e. The van der Waals surface area contributed by atoms with Gasteiger partial charge < -0.3 is 10.6 Å². The van der Waals surface area contributed by atoms with Crippen molar-refractivity contribution >= 4 is 23.6 Å². The molecule has 5 nitrogen and oxygen atoms in total. The number of carbonyl (C=O) groups excluding carboxylic acids is 2. The topological polar surface area (TPSA) is 82.0 Å². The molecule has 144 valence electrons. The lowest BCUT2D eigenvalue weighted by Gasteiger charge is -2.11. The predicted octanol–water partition coefficient (Wildman–Crippen LogP) is 3.87. The average molecular weight is 401 g/mol. The Labute approximate surface area is 173 Å². The summed E-state index contributed by atoms with van der Waals surface area (Å²) < 4.78 is 0. The highest BCUT2D eigenvalue weighted by molar-refractivity contribution is 7.99. The number of benzene rings is 3. The van der Waals surface area contributed by atoms with Gasteiger partial charge in [-0.25, -0.2) is 0 Å². The zero-order valence-electron chi connectivity index (χ0n) is 15.6. The number of carbonyl (C=O) groups is 2. The highest BCUT2D eigenvalue weighted by Crippen LogP contribution is 2.32. The summed E-state index contributed by atoms with van der Waals surface area (Å²) in [4.78, 5) is 26.2. The second-order valence-electron chi connectivity index (χ2n) is 6.08. The highest BCUT2D eigenvalue weighted by Gasteiger charge is 2.13. The van der Waals surface area contributed by atoms with Crippen LogP contribution in [0.3, 0.4) is 0 Å². The van der Waals surface area contributed by atoms with E-state index in [1.165, 1.54) is 11.8 Å². The fraction of sp³-hybridized carbons (Fsp3) is 0.0870. The maximum Gasteiger partial charge on any atom is 0.252 e. The highest BCUT2D eigenvalue weighted by atomic mass is 32.2. The minimum atomic E-state index is -0.225. The molecule has 0 aliphatic carbocycles. The molecule has 0 fully saturated rings. The van der Waals surface area contributed by atoms with Crippen LogP contribution < -0.4 is 10.6 Å². The van der Waals surface area contributed by atoms with Crippen molar-refractivity contribution in [3.63, 3.8) is 0 Å². The number of nitrogens with one attached hydrogen (secondary N) is 2. The number of amides is 2. The van der Waals surface area contributed by atoms with Gasteiger partial charge in [-0.15, -0.1) is 0 Å². The van der Waals surface area contributed by atoms with Gasteiger partial charge >= 0.3 is 0 Å². The molecule has 0 aromatic heterocycles. The van der Waals surface area contributed by atoms with Crippen LogP contribution in [0.5, 0.6) is 0 Å². The first-order valence-electron chi connectivity index (χ1n) is 9.06. The normalized spacial score (nSPS) is 10.0. The number of nitriles is 1. The molecular formula is C23H19N3O2S. The Bertz CT molecular complexity index is 1050. The van der Waals surface area contributed by atoms with E-state index in [2.05, 4.69) is 16.7 Å².